The van der Waals surface area contributed by atoms with E-state index in [1.165, 1.54) is 0 Å². The highest BCUT2D eigenvalue weighted by molar-refractivity contribution is 6.30. The number of aromatic nitrogens is 2. The van der Waals surface area contributed by atoms with Crippen molar-refractivity contribution in [2.45, 2.75) is 0 Å². The van der Waals surface area contributed by atoms with Gasteiger partial charge in [-0.1, -0.05) is 42.5 Å². The van der Waals surface area contributed by atoms with Crippen LogP contribution in [-0.4, -0.2) is 22.7 Å². The number of nitrogens with zero attached hydrogens (tertiary/aromatic N) is 2. The molecule has 1 aromatic heterocycles. The summed E-state index contributed by atoms with van der Waals surface area (Å²) in [5, 5.41) is 11.8. The van der Waals surface area contributed by atoms with E-state index in [1.54, 1.807) is 72.8 Å². The molecule has 6 nitrogen and oxygen atoms in total. The Morgan fingerprint density at radius 1 is 1.03 bits per heavy atom. The Bertz CT molecular complexity index is 1200. The Morgan fingerprint density at radius 3 is 2.52 bits per heavy atom. The van der Waals surface area contributed by atoms with E-state index >= 15 is 0 Å². The average Bonchev–Trinajstić information content (AvgIpc) is 3.29. The number of ether oxygens (including phenoxy) is 1. The molecule has 0 saturated heterocycles. The summed E-state index contributed by atoms with van der Waals surface area (Å²) in [7, 11) is 0. The number of hydrogen-bond donors (Lipinski definition) is 1. The van der Waals surface area contributed by atoms with Crippen LogP contribution in [0.1, 0.15) is 10.4 Å². The fraction of sp³-hybridized carbons (Fsp3) is 0.0417. The van der Waals surface area contributed by atoms with E-state index in [1.807, 2.05) is 6.07 Å². The van der Waals surface area contributed by atoms with Gasteiger partial charge in [0.15, 0.2) is 0 Å². The maximum Gasteiger partial charge on any atom is 0.255 e. The molecule has 1 heterocycles. The summed E-state index contributed by atoms with van der Waals surface area (Å²) in [4.78, 5) is 12.7. The zero-order chi connectivity index (χ0) is 21.6. The van der Waals surface area contributed by atoms with Crippen molar-refractivity contribution in [2.24, 2.45) is 0 Å². The number of hydrogen-bond acceptors (Lipinski definition) is 5. The second-order valence-electron chi connectivity index (χ2n) is 6.55. The minimum absolute atomic E-state index is 0.248. The third kappa shape index (κ3) is 4.82. The third-order valence-electron chi connectivity index (χ3n) is 4.39. The number of benzene rings is 3. The van der Waals surface area contributed by atoms with E-state index in [0.29, 0.717) is 40.1 Å². The molecule has 1 N–H and O–H groups in total. The zero-order valence-corrected chi connectivity index (χ0v) is 17.2. The first kappa shape index (κ1) is 20.4. The molecule has 0 atom stereocenters. The lowest BCUT2D eigenvalue weighted by Gasteiger charge is -2.11. The van der Waals surface area contributed by atoms with Crippen LogP contribution in [0.3, 0.4) is 0 Å². The molecule has 154 valence electrons. The van der Waals surface area contributed by atoms with Crippen molar-refractivity contribution >= 4 is 23.2 Å². The van der Waals surface area contributed by atoms with Crippen molar-refractivity contribution in [2.75, 3.05) is 11.9 Å². The van der Waals surface area contributed by atoms with Crippen molar-refractivity contribution in [1.29, 1.82) is 0 Å². The summed E-state index contributed by atoms with van der Waals surface area (Å²) in [5.41, 5.74) is 2.33. The van der Waals surface area contributed by atoms with Gasteiger partial charge in [0.2, 0.25) is 11.8 Å². The molecule has 0 aliphatic carbocycles. The fourth-order valence-electron chi connectivity index (χ4n) is 2.88. The van der Waals surface area contributed by atoms with Crippen LogP contribution < -0.4 is 10.1 Å². The topological polar surface area (TPSA) is 77.2 Å². The molecule has 3 aromatic carbocycles. The van der Waals surface area contributed by atoms with Crippen molar-refractivity contribution in [3.63, 3.8) is 0 Å². The monoisotopic (exact) mass is 431 g/mol. The highest BCUT2D eigenvalue weighted by atomic mass is 35.5. The Labute approximate surface area is 184 Å². The zero-order valence-electron chi connectivity index (χ0n) is 16.4. The van der Waals surface area contributed by atoms with Crippen LogP contribution in [0.4, 0.5) is 5.69 Å². The van der Waals surface area contributed by atoms with Gasteiger partial charge in [0, 0.05) is 16.1 Å². The Balaban J connectivity index is 1.69. The predicted octanol–water partition coefficient (Wildman–Crippen LogP) is 5.87. The first-order valence-electron chi connectivity index (χ1n) is 9.48. The Kier molecular flexibility index (Phi) is 6.10. The molecule has 4 aromatic rings. The maximum atomic E-state index is 12.7. The van der Waals surface area contributed by atoms with Gasteiger partial charge < -0.3 is 14.5 Å². The van der Waals surface area contributed by atoms with Crippen LogP contribution in [0.2, 0.25) is 5.02 Å². The number of nitrogens with one attached hydrogen (secondary N) is 1. The van der Waals surface area contributed by atoms with Gasteiger partial charge in [-0.05, 0) is 54.6 Å². The summed E-state index contributed by atoms with van der Waals surface area (Å²) < 4.78 is 11.5. The van der Waals surface area contributed by atoms with E-state index in [9.17, 15) is 4.79 Å². The lowest BCUT2D eigenvalue weighted by Crippen LogP contribution is -2.12. The Hall–Kier alpha value is -3.90. The molecule has 7 heteroatoms. The minimum atomic E-state index is -0.251. The van der Waals surface area contributed by atoms with Gasteiger partial charge in [0.25, 0.3) is 5.91 Å². The normalized spacial score (nSPS) is 10.5. The van der Waals surface area contributed by atoms with Crippen LogP contribution in [0.5, 0.6) is 5.75 Å². The second-order valence-corrected chi connectivity index (χ2v) is 6.98. The molecular weight excluding hydrogens is 414 g/mol. The van der Waals surface area contributed by atoms with Crippen molar-refractivity contribution in [1.82, 2.24) is 10.2 Å². The molecule has 0 fully saturated rings. The third-order valence-corrected chi connectivity index (χ3v) is 4.64. The first-order valence-corrected chi connectivity index (χ1v) is 9.86. The summed E-state index contributed by atoms with van der Waals surface area (Å²) in [5.74, 6) is 0.916. The van der Waals surface area contributed by atoms with E-state index in [2.05, 4.69) is 22.1 Å². The van der Waals surface area contributed by atoms with Crippen LogP contribution in [0, 0.1) is 0 Å². The molecule has 0 bridgehead atoms. The highest BCUT2D eigenvalue weighted by Crippen LogP contribution is 2.33. The average molecular weight is 432 g/mol. The molecule has 4 rings (SSSR count). The number of halogens is 1. The van der Waals surface area contributed by atoms with E-state index < -0.39 is 0 Å². The van der Waals surface area contributed by atoms with Crippen LogP contribution >= 0.6 is 11.6 Å². The van der Waals surface area contributed by atoms with E-state index in [4.69, 9.17) is 20.8 Å². The predicted molar refractivity (Wildman–Crippen MR) is 120 cm³/mol. The molecule has 0 spiro atoms. The van der Waals surface area contributed by atoms with Crippen molar-refractivity contribution < 1.29 is 13.9 Å². The van der Waals surface area contributed by atoms with Crippen molar-refractivity contribution in [3.05, 3.63) is 96.0 Å². The molecule has 31 heavy (non-hydrogen) atoms. The standard InChI is InChI=1S/C24H18ClN3O3/c1-2-14-30-19-12-13-21(26-22(29)16-6-4-3-5-7-16)20(15-19)24-28-27-23(31-24)17-8-10-18(25)11-9-17/h2-13,15H,1,14H2,(H,26,29). The number of rotatable bonds is 7. The van der Waals surface area contributed by atoms with Crippen molar-refractivity contribution in [3.8, 4) is 28.7 Å². The Morgan fingerprint density at radius 2 is 1.77 bits per heavy atom. The molecule has 0 radical (unpaired) electrons. The number of amides is 1. The van der Waals surface area contributed by atoms with Gasteiger partial charge in [0.05, 0.1) is 11.3 Å². The van der Waals surface area contributed by atoms with Crippen LogP contribution in [0.15, 0.2) is 89.9 Å². The molecule has 0 aliphatic rings. The largest absolute Gasteiger partial charge is 0.490 e. The molecule has 0 saturated carbocycles. The summed E-state index contributed by atoms with van der Waals surface area (Å²) in [6, 6.07) is 21.2. The van der Waals surface area contributed by atoms with Gasteiger partial charge in [-0.15, -0.1) is 10.2 Å². The molecule has 0 aliphatic heterocycles. The number of anilines is 1. The fourth-order valence-corrected chi connectivity index (χ4v) is 3.01. The van der Waals surface area contributed by atoms with Gasteiger partial charge >= 0.3 is 0 Å². The van der Waals surface area contributed by atoms with Gasteiger partial charge in [-0.25, -0.2) is 0 Å². The highest BCUT2D eigenvalue weighted by Gasteiger charge is 2.17. The molecular formula is C24H18ClN3O3. The van der Waals surface area contributed by atoms with Gasteiger partial charge in [0.1, 0.15) is 12.4 Å². The number of carbonyl (C=O) groups excluding carboxylic acids is 1. The van der Waals surface area contributed by atoms with E-state index in [0.717, 1.165) is 5.56 Å². The minimum Gasteiger partial charge on any atom is -0.490 e. The van der Waals surface area contributed by atoms with E-state index in [-0.39, 0.29) is 11.8 Å². The lowest BCUT2D eigenvalue weighted by atomic mass is 10.1. The quantitative estimate of drug-likeness (QED) is 0.370. The summed E-state index contributed by atoms with van der Waals surface area (Å²) in [6.45, 7) is 4.00. The van der Waals surface area contributed by atoms with Gasteiger partial charge in [-0.3, -0.25) is 4.79 Å². The van der Waals surface area contributed by atoms with Crippen LogP contribution in [0.25, 0.3) is 22.9 Å². The maximum absolute atomic E-state index is 12.7. The van der Waals surface area contributed by atoms with Gasteiger partial charge in [-0.2, -0.15) is 0 Å². The smallest absolute Gasteiger partial charge is 0.255 e. The number of carbonyl (C=O) groups is 1. The summed E-state index contributed by atoms with van der Waals surface area (Å²) in [6.07, 6.45) is 1.65. The first-order chi connectivity index (χ1) is 15.1. The lowest BCUT2D eigenvalue weighted by molar-refractivity contribution is 0.102. The molecule has 0 unspecified atom stereocenters. The summed E-state index contributed by atoms with van der Waals surface area (Å²) >= 11 is 5.95. The second kappa shape index (κ2) is 9.28. The SMILES string of the molecule is C=CCOc1ccc(NC(=O)c2ccccc2)c(-c2nnc(-c3ccc(Cl)cc3)o2)c1. The van der Waals surface area contributed by atoms with Crippen LogP contribution in [-0.2, 0) is 0 Å². The molecule has 1 amide bonds.